The van der Waals surface area contributed by atoms with Gasteiger partial charge >= 0.3 is 0 Å². The summed E-state index contributed by atoms with van der Waals surface area (Å²) < 4.78 is 33.0. The predicted octanol–water partition coefficient (Wildman–Crippen LogP) is 3.80. The Kier molecular flexibility index (Phi) is 10.3. The molecular weight excluding hydrogens is 532 g/mol. The summed E-state index contributed by atoms with van der Waals surface area (Å²) in [6.07, 6.45) is 1.59. The van der Waals surface area contributed by atoms with Crippen molar-refractivity contribution in [3.63, 3.8) is 0 Å². The zero-order valence-electron chi connectivity index (χ0n) is 22.9. The number of methoxy groups -OCH3 is 1. The summed E-state index contributed by atoms with van der Waals surface area (Å²) in [5.41, 5.74) is 1.30. The average molecular weight is 568 g/mol. The molecule has 0 radical (unpaired) electrons. The van der Waals surface area contributed by atoms with Gasteiger partial charge in [-0.2, -0.15) is 0 Å². The number of carbonyl (C=O) groups is 2. The number of hydrogen-bond acceptors (Lipinski definition) is 6. The molecular formula is C31H35F2N3O5. The first-order chi connectivity index (χ1) is 19.7. The van der Waals surface area contributed by atoms with E-state index in [9.17, 15) is 28.6 Å². The number of aliphatic hydroxyl groups excluding tert-OH is 1. The molecule has 0 saturated carbocycles. The minimum Gasteiger partial charge on any atom is -0.507 e. The van der Waals surface area contributed by atoms with Crippen LogP contribution in [0.3, 0.4) is 0 Å². The molecule has 0 spiro atoms. The Hall–Kier alpha value is -4.02. The van der Waals surface area contributed by atoms with Gasteiger partial charge in [-0.1, -0.05) is 12.1 Å². The molecule has 3 aromatic carbocycles. The van der Waals surface area contributed by atoms with Crippen molar-refractivity contribution < 1.29 is 33.3 Å². The van der Waals surface area contributed by atoms with Crippen molar-refractivity contribution >= 4 is 11.8 Å². The second-order valence-corrected chi connectivity index (χ2v) is 10.2. The summed E-state index contributed by atoms with van der Waals surface area (Å²) >= 11 is 0. The van der Waals surface area contributed by atoms with E-state index < -0.39 is 29.7 Å². The molecule has 1 saturated heterocycles. The Labute approximate surface area is 237 Å². The standard InChI is InChI=1S/C31H35F2N3O5/c1-41-25-7-5-6-20(14-25)18-34-19-29(38)27(15-21-12-23(32)17-24(33)13-21)35-30(39)22-8-9-28(37)26(16-22)31(40)36-10-3-2-4-11-36/h5-9,12-14,16-17,27,29,34,37-38H,2-4,10-11,15,18-19H2,1H3,(H,35,39)/t27-,29-/m0/s1. The first kappa shape index (κ1) is 30.0. The number of nitrogens with zero attached hydrogens (tertiary/aromatic N) is 1. The fourth-order valence-electron chi connectivity index (χ4n) is 4.92. The van der Waals surface area contributed by atoms with Gasteiger partial charge in [0.1, 0.15) is 23.1 Å². The zero-order valence-corrected chi connectivity index (χ0v) is 22.9. The Bertz CT molecular complexity index is 1340. The molecule has 4 N–H and O–H groups in total. The zero-order chi connectivity index (χ0) is 29.4. The number of benzene rings is 3. The summed E-state index contributed by atoms with van der Waals surface area (Å²) in [6, 6.07) is 13.5. The molecule has 0 bridgehead atoms. The molecule has 0 aromatic heterocycles. The number of aromatic hydroxyl groups is 1. The molecule has 0 unspecified atom stereocenters. The highest BCUT2D eigenvalue weighted by atomic mass is 19.1. The number of ether oxygens (including phenoxy) is 1. The van der Waals surface area contributed by atoms with E-state index in [4.69, 9.17) is 4.74 Å². The van der Waals surface area contributed by atoms with Gasteiger partial charge in [0.2, 0.25) is 0 Å². The maximum Gasteiger partial charge on any atom is 0.257 e. The topological polar surface area (TPSA) is 111 Å². The number of likely N-dealkylation sites (tertiary alicyclic amines) is 1. The number of hydrogen-bond donors (Lipinski definition) is 4. The van der Waals surface area contributed by atoms with Gasteiger partial charge < -0.3 is 30.5 Å². The van der Waals surface area contributed by atoms with Gasteiger partial charge in [0.05, 0.1) is 24.8 Å². The van der Waals surface area contributed by atoms with Gasteiger partial charge in [-0.25, -0.2) is 8.78 Å². The van der Waals surface area contributed by atoms with E-state index in [0.29, 0.717) is 25.4 Å². The SMILES string of the molecule is COc1cccc(CNC[C@H](O)[C@H](Cc2cc(F)cc(F)c2)NC(=O)c2ccc(O)c(C(=O)N3CCCCC3)c2)c1. The van der Waals surface area contributed by atoms with Gasteiger partial charge in [-0.15, -0.1) is 0 Å². The first-order valence-corrected chi connectivity index (χ1v) is 13.6. The molecule has 1 heterocycles. The van der Waals surface area contributed by atoms with Crippen molar-refractivity contribution in [1.82, 2.24) is 15.5 Å². The van der Waals surface area contributed by atoms with Crippen molar-refractivity contribution in [3.05, 3.63) is 94.6 Å². The average Bonchev–Trinajstić information content (AvgIpc) is 2.96. The number of nitrogens with one attached hydrogen (secondary N) is 2. The molecule has 1 fully saturated rings. The monoisotopic (exact) mass is 567 g/mol. The quantitative estimate of drug-likeness (QED) is 0.281. The van der Waals surface area contributed by atoms with E-state index in [1.807, 2.05) is 24.3 Å². The summed E-state index contributed by atoms with van der Waals surface area (Å²) in [7, 11) is 1.57. The van der Waals surface area contributed by atoms with Crippen LogP contribution >= 0.6 is 0 Å². The molecule has 218 valence electrons. The van der Waals surface area contributed by atoms with Crippen LogP contribution in [0.4, 0.5) is 8.78 Å². The van der Waals surface area contributed by atoms with Gasteiger partial charge in [0, 0.05) is 37.8 Å². The number of piperidine rings is 1. The Morgan fingerprint density at radius 1 is 0.976 bits per heavy atom. The lowest BCUT2D eigenvalue weighted by atomic mass is 9.99. The molecule has 2 amide bonds. The molecule has 3 aromatic rings. The van der Waals surface area contributed by atoms with Crippen LogP contribution in [0, 0.1) is 11.6 Å². The van der Waals surface area contributed by atoms with Crippen LogP contribution in [0.15, 0.2) is 60.7 Å². The fourth-order valence-corrected chi connectivity index (χ4v) is 4.92. The van der Waals surface area contributed by atoms with E-state index in [1.165, 1.54) is 18.2 Å². The first-order valence-electron chi connectivity index (χ1n) is 13.6. The number of aliphatic hydroxyl groups is 1. The van der Waals surface area contributed by atoms with Crippen molar-refractivity contribution in [3.8, 4) is 11.5 Å². The molecule has 10 heteroatoms. The normalized spacial score (nSPS) is 14.8. The number of carbonyl (C=O) groups excluding carboxylic acids is 2. The van der Waals surface area contributed by atoms with E-state index in [2.05, 4.69) is 10.6 Å². The molecule has 1 aliphatic rings. The Morgan fingerprint density at radius 3 is 2.41 bits per heavy atom. The predicted molar refractivity (Wildman–Crippen MR) is 150 cm³/mol. The van der Waals surface area contributed by atoms with Crippen molar-refractivity contribution in [2.75, 3.05) is 26.7 Å². The minimum absolute atomic E-state index is 0.0174. The summed E-state index contributed by atoms with van der Waals surface area (Å²) in [4.78, 5) is 28.0. The highest BCUT2D eigenvalue weighted by molar-refractivity contribution is 6.01. The highest BCUT2D eigenvalue weighted by Crippen LogP contribution is 2.23. The van der Waals surface area contributed by atoms with Crippen LogP contribution in [-0.2, 0) is 13.0 Å². The second-order valence-electron chi connectivity index (χ2n) is 10.2. The van der Waals surface area contributed by atoms with Crippen LogP contribution in [0.5, 0.6) is 11.5 Å². The molecule has 2 atom stereocenters. The Balaban J connectivity index is 1.49. The molecule has 4 rings (SSSR count). The van der Waals surface area contributed by atoms with E-state index in [0.717, 1.165) is 43.0 Å². The summed E-state index contributed by atoms with van der Waals surface area (Å²) in [5.74, 6) is -2.04. The third-order valence-electron chi connectivity index (χ3n) is 7.11. The third kappa shape index (κ3) is 8.25. The number of phenols is 1. The second kappa shape index (κ2) is 14.0. The van der Waals surface area contributed by atoms with E-state index in [-0.39, 0.29) is 41.3 Å². The van der Waals surface area contributed by atoms with Gasteiger partial charge in [-0.3, -0.25) is 9.59 Å². The summed E-state index contributed by atoms with van der Waals surface area (Å²) in [5, 5.41) is 27.3. The highest BCUT2D eigenvalue weighted by Gasteiger charge is 2.25. The van der Waals surface area contributed by atoms with Gasteiger partial charge in [0.25, 0.3) is 11.8 Å². The van der Waals surface area contributed by atoms with Crippen molar-refractivity contribution in [2.45, 2.75) is 44.4 Å². The van der Waals surface area contributed by atoms with Crippen molar-refractivity contribution in [2.24, 2.45) is 0 Å². The Morgan fingerprint density at radius 2 is 1.71 bits per heavy atom. The van der Waals surface area contributed by atoms with Crippen LogP contribution < -0.4 is 15.4 Å². The molecule has 8 nitrogen and oxygen atoms in total. The van der Waals surface area contributed by atoms with E-state index >= 15 is 0 Å². The van der Waals surface area contributed by atoms with Crippen LogP contribution in [0.25, 0.3) is 0 Å². The third-order valence-corrected chi connectivity index (χ3v) is 7.11. The molecule has 0 aliphatic carbocycles. The number of halogens is 2. The lowest BCUT2D eigenvalue weighted by Crippen LogP contribution is -2.48. The maximum atomic E-state index is 13.9. The number of amides is 2. The lowest BCUT2D eigenvalue weighted by molar-refractivity contribution is 0.0721. The molecule has 41 heavy (non-hydrogen) atoms. The fraction of sp³-hybridized carbons (Fsp3) is 0.355. The van der Waals surface area contributed by atoms with Crippen LogP contribution in [0.2, 0.25) is 0 Å². The minimum atomic E-state index is -1.14. The van der Waals surface area contributed by atoms with Crippen LogP contribution in [-0.4, -0.2) is 65.8 Å². The largest absolute Gasteiger partial charge is 0.507 e. The van der Waals surface area contributed by atoms with E-state index in [1.54, 1.807) is 12.0 Å². The number of rotatable bonds is 11. The maximum absolute atomic E-state index is 13.9. The molecule has 1 aliphatic heterocycles. The van der Waals surface area contributed by atoms with Gasteiger partial charge in [0.15, 0.2) is 0 Å². The van der Waals surface area contributed by atoms with Crippen LogP contribution in [0.1, 0.15) is 51.1 Å². The lowest BCUT2D eigenvalue weighted by Gasteiger charge is -2.27. The number of phenolic OH excluding ortho intramolecular Hbond substituents is 1. The van der Waals surface area contributed by atoms with Gasteiger partial charge in [-0.05, 0) is 79.3 Å². The smallest absolute Gasteiger partial charge is 0.257 e. The van der Waals surface area contributed by atoms with Crippen molar-refractivity contribution in [1.29, 1.82) is 0 Å². The summed E-state index contributed by atoms with van der Waals surface area (Å²) in [6.45, 7) is 1.63.